The van der Waals surface area contributed by atoms with E-state index in [0.29, 0.717) is 16.7 Å². The summed E-state index contributed by atoms with van der Waals surface area (Å²) in [7, 11) is 0. The van der Waals surface area contributed by atoms with Gasteiger partial charge in [0.2, 0.25) is 0 Å². The van der Waals surface area contributed by atoms with E-state index in [1.165, 1.54) is 0 Å². The molecule has 3 heterocycles. The normalized spacial score (nSPS) is 11.1. The third-order valence-electron chi connectivity index (χ3n) is 8.30. The van der Waals surface area contributed by atoms with Crippen molar-refractivity contribution in [2.45, 2.75) is 0 Å². The Bertz CT molecular complexity index is 2430. The number of hydrogen-bond acceptors (Lipinski definition) is 4. The Morgan fingerprint density at radius 1 is 0.455 bits per heavy atom. The van der Waals surface area contributed by atoms with E-state index >= 15 is 0 Å². The van der Waals surface area contributed by atoms with Gasteiger partial charge in [0.25, 0.3) is 0 Å². The van der Waals surface area contributed by atoms with Gasteiger partial charge in [-0.2, -0.15) is 15.8 Å². The topological polar surface area (TPSA) is 94.1 Å². The van der Waals surface area contributed by atoms with E-state index in [2.05, 4.69) is 51.6 Å². The molecule has 0 saturated heterocycles. The van der Waals surface area contributed by atoms with Crippen molar-refractivity contribution in [3.8, 4) is 40.7 Å². The summed E-state index contributed by atoms with van der Waals surface area (Å²) in [6.07, 6.45) is 3.72. The molecular weight excluding hydrogens is 540 g/mol. The minimum Gasteiger partial charge on any atom is -0.307 e. The van der Waals surface area contributed by atoms with Crippen molar-refractivity contribution in [1.82, 2.24) is 14.1 Å². The lowest BCUT2D eigenvalue weighted by Gasteiger charge is -2.19. The summed E-state index contributed by atoms with van der Waals surface area (Å²) in [4.78, 5) is 4.80. The first-order valence-corrected chi connectivity index (χ1v) is 14.1. The molecule has 44 heavy (non-hydrogen) atoms. The van der Waals surface area contributed by atoms with Gasteiger partial charge in [-0.05, 0) is 54.1 Å². The van der Waals surface area contributed by atoms with Crippen LogP contribution in [-0.2, 0) is 0 Å². The van der Waals surface area contributed by atoms with Crippen molar-refractivity contribution in [2.75, 3.05) is 0 Å². The smallest absolute Gasteiger partial charge is 0.0992 e. The van der Waals surface area contributed by atoms with Crippen LogP contribution >= 0.6 is 0 Å². The van der Waals surface area contributed by atoms with Gasteiger partial charge in [0.15, 0.2) is 0 Å². The van der Waals surface area contributed by atoms with Crippen LogP contribution < -0.4 is 0 Å². The van der Waals surface area contributed by atoms with E-state index < -0.39 is 0 Å². The summed E-state index contributed by atoms with van der Waals surface area (Å²) in [5, 5.41) is 33.4. The van der Waals surface area contributed by atoms with Gasteiger partial charge < -0.3 is 9.13 Å². The van der Waals surface area contributed by atoms with Crippen LogP contribution in [0.15, 0.2) is 122 Å². The predicted molar refractivity (Wildman–Crippen MR) is 172 cm³/mol. The Balaban J connectivity index is 1.56. The third-order valence-corrected chi connectivity index (χ3v) is 8.30. The molecule has 0 aliphatic rings. The van der Waals surface area contributed by atoms with E-state index in [0.717, 1.165) is 66.1 Å². The standard InChI is InChI=1S/C38H20N6/c39-19-24-9-13-27(14-10-24)38-36(43-32-7-3-1-5-28(32)30-15-11-25(20-40)17-34(30)43)22-42-23-37(38)44-33-8-4-2-6-29(33)31-16-12-26(21-41)18-35(31)44/h1-18,22-23H. The molecule has 3 aromatic heterocycles. The van der Waals surface area contributed by atoms with E-state index in [-0.39, 0.29) is 0 Å². The molecule has 5 aromatic carbocycles. The summed E-state index contributed by atoms with van der Waals surface area (Å²) < 4.78 is 4.34. The molecule has 0 amide bonds. The molecule has 0 N–H and O–H groups in total. The monoisotopic (exact) mass is 560 g/mol. The highest BCUT2D eigenvalue weighted by molar-refractivity contribution is 6.12. The van der Waals surface area contributed by atoms with Gasteiger partial charge >= 0.3 is 0 Å². The van der Waals surface area contributed by atoms with Crippen molar-refractivity contribution in [3.63, 3.8) is 0 Å². The van der Waals surface area contributed by atoms with Gasteiger partial charge in [-0.3, -0.25) is 4.98 Å². The number of benzene rings is 5. The van der Waals surface area contributed by atoms with Crippen molar-refractivity contribution in [1.29, 1.82) is 15.8 Å². The fourth-order valence-corrected chi connectivity index (χ4v) is 6.38. The van der Waals surface area contributed by atoms with E-state index in [1.54, 1.807) is 0 Å². The molecule has 0 radical (unpaired) electrons. The lowest BCUT2D eigenvalue weighted by molar-refractivity contribution is 1.09. The number of hydrogen-bond donors (Lipinski definition) is 0. The summed E-state index contributed by atoms with van der Waals surface area (Å²) in [5.74, 6) is 0. The summed E-state index contributed by atoms with van der Waals surface area (Å²) in [5.41, 5.74) is 8.93. The van der Waals surface area contributed by atoms with Gasteiger partial charge in [0.1, 0.15) is 0 Å². The number of pyridine rings is 1. The van der Waals surface area contributed by atoms with Crippen LogP contribution in [0, 0.1) is 34.0 Å². The highest BCUT2D eigenvalue weighted by Gasteiger charge is 2.22. The molecule has 0 fully saturated rings. The first-order chi connectivity index (χ1) is 21.7. The maximum atomic E-state index is 9.80. The second-order valence-electron chi connectivity index (χ2n) is 10.6. The minimum absolute atomic E-state index is 0.567. The summed E-state index contributed by atoms with van der Waals surface area (Å²) >= 11 is 0. The van der Waals surface area contributed by atoms with Gasteiger partial charge in [-0.25, -0.2) is 0 Å². The van der Waals surface area contributed by atoms with Crippen LogP contribution in [0.2, 0.25) is 0 Å². The molecule has 0 spiro atoms. The molecule has 6 nitrogen and oxygen atoms in total. The Hall–Kier alpha value is -6.68. The second kappa shape index (κ2) is 9.71. The number of rotatable bonds is 3. The van der Waals surface area contributed by atoms with Crippen LogP contribution in [-0.4, -0.2) is 14.1 Å². The molecular formula is C38H20N6. The molecule has 0 atom stereocenters. The summed E-state index contributed by atoms with van der Waals surface area (Å²) in [6, 6.07) is 42.3. The van der Waals surface area contributed by atoms with Crippen LogP contribution in [0.5, 0.6) is 0 Å². The SMILES string of the molecule is N#Cc1ccc(-c2c(-n3c4ccccc4c4ccc(C#N)cc43)cncc2-n2c3ccccc3c3ccc(C#N)cc32)cc1. The Morgan fingerprint density at radius 2 is 0.886 bits per heavy atom. The molecule has 0 aliphatic heterocycles. The quantitative estimate of drug-likeness (QED) is 0.216. The third kappa shape index (κ3) is 3.61. The Kier molecular flexibility index (Phi) is 5.53. The zero-order valence-corrected chi connectivity index (χ0v) is 23.2. The van der Waals surface area contributed by atoms with Crippen molar-refractivity contribution in [3.05, 3.63) is 138 Å². The molecule has 6 heteroatoms. The fraction of sp³-hybridized carbons (Fsp3) is 0. The molecule has 8 aromatic rings. The number of para-hydroxylation sites is 2. The van der Waals surface area contributed by atoms with Crippen molar-refractivity contribution < 1.29 is 0 Å². The lowest BCUT2D eigenvalue weighted by atomic mass is 10.0. The van der Waals surface area contributed by atoms with Crippen LogP contribution in [0.4, 0.5) is 0 Å². The first kappa shape index (κ1) is 25.1. The maximum absolute atomic E-state index is 9.80. The number of aromatic nitrogens is 3. The van der Waals surface area contributed by atoms with Gasteiger partial charge in [-0.15, -0.1) is 0 Å². The molecule has 0 bridgehead atoms. The van der Waals surface area contributed by atoms with E-state index in [4.69, 9.17) is 4.98 Å². The Morgan fingerprint density at radius 3 is 1.36 bits per heavy atom. The largest absolute Gasteiger partial charge is 0.307 e. The van der Waals surface area contributed by atoms with Gasteiger partial charge in [-0.1, -0.05) is 60.7 Å². The number of nitriles is 3. The maximum Gasteiger partial charge on any atom is 0.0992 e. The molecule has 202 valence electrons. The number of fused-ring (bicyclic) bond motifs is 6. The molecule has 8 rings (SSSR count). The van der Waals surface area contributed by atoms with Gasteiger partial charge in [0, 0.05) is 27.1 Å². The second-order valence-corrected chi connectivity index (χ2v) is 10.6. The average molecular weight is 561 g/mol. The first-order valence-electron chi connectivity index (χ1n) is 14.1. The predicted octanol–water partition coefficient (Wildman–Crippen LogP) is 8.56. The highest BCUT2D eigenvalue weighted by atomic mass is 15.0. The minimum atomic E-state index is 0.567. The fourth-order valence-electron chi connectivity index (χ4n) is 6.38. The van der Waals surface area contributed by atoms with Crippen molar-refractivity contribution in [2.24, 2.45) is 0 Å². The van der Waals surface area contributed by atoms with E-state index in [9.17, 15) is 15.8 Å². The van der Waals surface area contributed by atoms with Gasteiger partial charge in [0.05, 0.1) is 80.7 Å². The molecule has 0 saturated carbocycles. The van der Waals surface area contributed by atoms with Crippen molar-refractivity contribution >= 4 is 43.6 Å². The number of nitrogens with zero attached hydrogens (tertiary/aromatic N) is 6. The van der Waals surface area contributed by atoms with E-state index in [1.807, 2.05) is 97.3 Å². The van der Waals surface area contributed by atoms with Crippen LogP contribution in [0.1, 0.15) is 16.7 Å². The molecule has 0 unspecified atom stereocenters. The van der Waals surface area contributed by atoms with Crippen LogP contribution in [0.3, 0.4) is 0 Å². The highest BCUT2D eigenvalue weighted by Crippen LogP contribution is 2.41. The molecule has 0 aliphatic carbocycles. The zero-order chi connectivity index (χ0) is 29.8. The summed E-state index contributed by atoms with van der Waals surface area (Å²) in [6.45, 7) is 0. The zero-order valence-electron chi connectivity index (χ0n) is 23.2. The Labute approximate surface area is 252 Å². The average Bonchev–Trinajstić information content (AvgIpc) is 3.59. The lowest BCUT2D eigenvalue weighted by Crippen LogP contribution is -2.05. The van der Waals surface area contributed by atoms with Crippen LogP contribution in [0.25, 0.3) is 66.1 Å².